The summed E-state index contributed by atoms with van der Waals surface area (Å²) in [5.41, 5.74) is 9.13. The standard InChI is InChI=1S/C34H39Cl2N7O3S/c1-20-31(44)42-28(11-5-6-12-37)34(46)43(2)29(15-22-18-40-27-10-4-3-9-25(22)27)32(45)41-19-23-14-24(35)16-26(36)30(23)47-33-21(17-39-20)8-7-13-38-33/h3-4,7-10,13-14,16,18,20,28-29,39-40H,5-6,11-12,15,17,19,37H2,1-2H3,(H,41,45)(H,42,44)/t20-,28-,29-/m0/s1. The monoisotopic (exact) mass is 695 g/mol. The Hall–Kier alpha value is -3.61. The van der Waals surface area contributed by atoms with Gasteiger partial charge in [0.25, 0.3) is 0 Å². The number of benzene rings is 2. The molecule has 0 bridgehead atoms. The van der Waals surface area contributed by atoms with Crippen LogP contribution in [0.1, 0.15) is 42.9 Å². The molecule has 0 fully saturated rings. The number of H-pyrrole nitrogens is 1. The third-order valence-corrected chi connectivity index (χ3v) is 10.2. The highest BCUT2D eigenvalue weighted by Gasteiger charge is 2.33. The average molecular weight is 697 g/mol. The zero-order valence-electron chi connectivity index (χ0n) is 26.3. The summed E-state index contributed by atoms with van der Waals surface area (Å²) in [4.78, 5) is 51.7. The molecule has 4 aromatic rings. The first-order valence-corrected chi connectivity index (χ1v) is 17.2. The molecule has 0 radical (unpaired) electrons. The van der Waals surface area contributed by atoms with Gasteiger partial charge in [-0.2, -0.15) is 0 Å². The van der Waals surface area contributed by atoms with E-state index in [4.69, 9.17) is 28.9 Å². The molecule has 3 amide bonds. The molecule has 6 N–H and O–H groups in total. The summed E-state index contributed by atoms with van der Waals surface area (Å²) in [5, 5.41) is 11.8. The number of pyridine rings is 1. The lowest BCUT2D eigenvalue weighted by atomic mass is 10.0. The van der Waals surface area contributed by atoms with Crippen molar-refractivity contribution >= 4 is 63.6 Å². The highest BCUT2D eigenvalue weighted by Crippen LogP contribution is 2.38. The summed E-state index contributed by atoms with van der Waals surface area (Å²) in [7, 11) is 1.61. The molecule has 2 aromatic carbocycles. The minimum absolute atomic E-state index is 0.113. The number of aromatic nitrogens is 2. The second kappa shape index (κ2) is 16.0. The van der Waals surface area contributed by atoms with Gasteiger partial charge in [-0.1, -0.05) is 59.2 Å². The molecule has 0 aliphatic carbocycles. The van der Waals surface area contributed by atoms with Crippen molar-refractivity contribution in [2.75, 3.05) is 13.6 Å². The number of nitrogens with one attached hydrogen (secondary N) is 4. The zero-order valence-corrected chi connectivity index (χ0v) is 28.6. The summed E-state index contributed by atoms with van der Waals surface area (Å²) in [6, 6.07) is 12.6. The number of aromatic amines is 1. The molecule has 10 nitrogen and oxygen atoms in total. The van der Waals surface area contributed by atoms with Crippen LogP contribution in [-0.4, -0.2) is 64.3 Å². The summed E-state index contributed by atoms with van der Waals surface area (Å²) in [6.45, 7) is 2.68. The smallest absolute Gasteiger partial charge is 0.245 e. The minimum Gasteiger partial charge on any atom is -0.361 e. The van der Waals surface area contributed by atoms with E-state index >= 15 is 0 Å². The Kier molecular flexibility index (Phi) is 11.8. The molecular formula is C34H39Cl2N7O3S. The number of rotatable bonds is 6. The lowest BCUT2D eigenvalue weighted by molar-refractivity contribution is -0.142. The van der Waals surface area contributed by atoms with Gasteiger partial charge in [-0.3, -0.25) is 14.4 Å². The fraction of sp³-hybridized carbons (Fsp3) is 0.353. The zero-order chi connectivity index (χ0) is 33.5. The van der Waals surface area contributed by atoms with Crippen LogP contribution >= 0.6 is 35.0 Å². The molecule has 1 aliphatic rings. The summed E-state index contributed by atoms with van der Waals surface area (Å²) < 4.78 is 0. The lowest BCUT2D eigenvalue weighted by Gasteiger charge is -2.31. The molecule has 0 unspecified atom stereocenters. The molecule has 248 valence electrons. The topological polar surface area (TPSA) is 145 Å². The summed E-state index contributed by atoms with van der Waals surface area (Å²) in [5.74, 6) is -1.04. The molecular weight excluding hydrogens is 657 g/mol. The maximum atomic E-state index is 14.2. The predicted molar refractivity (Wildman–Crippen MR) is 186 cm³/mol. The molecule has 3 heterocycles. The van der Waals surface area contributed by atoms with Crippen LogP contribution in [0.15, 0.2) is 70.8 Å². The van der Waals surface area contributed by atoms with E-state index in [9.17, 15) is 14.4 Å². The Labute approximate surface area is 288 Å². The number of nitrogens with zero attached hydrogens (tertiary/aromatic N) is 2. The van der Waals surface area contributed by atoms with Crippen molar-refractivity contribution in [2.45, 2.75) is 73.7 Å². The fourth-order valence-electron chi connectivity index (χ4n) is 5.62. The normalized spacial score (nSPS) is 19.9. The first-order valence-electron chi connectivity index (χ1n) is 15.6. The molecule has 13 heteroatoms. The average Bonchev–Trinajstić information content (AvgIpc) is 3.48. The Bertz CT molecular complexity index is 1750. The first kappa shape index (κ1) is 34.7. The van der Waals surface area contributed by atoms with Crippen LogP contribution < -0.4 is 21.7 Å². The number of nitrogens with two attached hydrogens (primary N) is 1. The Morgan fingerprint density at radius 3 is 2.64 bits per heavy atom. The van der Waals surface area contributed by atoms with E-state index in [0.717, 1.165) is 22.0 Å². The Morgan fingerprint density at radius 2 is 1.83 bits per heavy atom. The van der Waals surface area contributed by atoms with E-state index in [0.29, 0.717) is 57.9 Å². The van der Waals surface area contributed by atoms with Gasteiger partial charge in [0, 0.05) is 59.8 Å². The van der Waals surface area contributed by atoms with E-state index < -0.39 is 18.1 Å². The third kappa shape index (κ3) is 8.46. The summed E-state index contributed by atoms with van der Waals surface area (Å²) in [6.07, 6.45) is 5.52. The largest absolute Gasteiger partial charge is 0.361 e. The Morgan fingerprint density at radius 1 is 1.02 bits per heavy atom. The quantitative estimate of drug-likeness (QED) is 0.182. The van der Waals surface area contributed by atoms with Crippen molar-refractivity contribution in [1.29, 1.82) is 0 Å². The van der Waals surface area contributed by atoms with Crippen molar-refractivity contribution < 1.29 is 14.4 Å². The number of fused-ring (bicyclic) bond motifs is 3. The first-order chi connectivity index (χ1) is 22.7. The second-order valence-corrected chi connectivity index (χ2v) is 13.5. The van der Waals surface area contributed by atoms with E-state index in [1.807, 2.05) is 42.6 Å². The van der Waals surface area contributed by atoms with Gasteiger partial charge in [0.2, 0.25) is 17.7 Å². The third-order valence-electron chi connectivity index (χ3n) is 8.35. The lowest BCUT2D eigenvalue weighted by Crippen LogP contribution is -2.56. The number of carbonyl (C=O) groups excluding carboxylic acids is 3. The van der Waals surface area contributed by atoms with Gasteiger partial charge in [-0.05, 0) is 73.7 Å². The molecule has 47 heavy (non-hydrogen) atoms. The maximum Gasteiger partial charge on any atom is 0.245 e. The SMILES string of the molecule is C[C@@H]1NCc2cccnc2Sc2c(Cl)cc(Cl)cc2CNC(=O)[C@H](Cc2c[nH]c3ccccc23)N(C)C(=O)[C@H](CCCCN)NC1=O. The van der Waals surface area contributed by atoms with Crippen LogP contribution in [-0.2, 0) is 33.9 Å². The van der Waals surface area contributed by atoms with Gasteiger partial charge >= 0.3 is 0 Å². The number of amides is 3. The fourth-order valence-corrected chi connectivity index (χ4v) is 7.27. The van der Waals surface area contributed by atoms with Crippen LogP contribution in [0.5, 0.6) is 0 Å². The summed E-state index contributed by atoms with van der Waals surface area (Å²) >= 11 is 14.5. The number of halogens is 2. The van der Waals surface area contributed by atoms with Gasteiger partial charge in [0.1, 0.15) is 17.1 Å². The van der Waals surface area contributed by atoms with Crippen molar-refractivity contribution in [1.82, 2.24) is 30.8 Å². The second-order valence-electron chi connectivity index (χ2n) is 11.6. The molecule has 0 spiro atoms. The molecule has 3 atom stereocenters. The van der Waals surface area contributed by atoms with Crippen LogP contribution in [0.2, 0.25) is 10.0 Å². The molecule has 5 rings (SSSR count). The van der Waals surface area contributed by atoms with Crippen LogP contribution in [0.4, 0.5) is 0 Å². The Balaban J connectivity index is 1.55. The van der Waals surface area contributed by atoms with Gasteiger partial charge in [0.05, 0.1) is 11.1 Å². The van der Waals surface area contributed by atoms with Crippen molar-refractivity contribution in [2.24, 2.45) is 5.73 Å². The van der Waals surface area contributed by atoms with E-state index in [-0.39, 0.29) is 30.7 Å². The van der Waals surface area contributed by atoms with E-state index in [1.165, 1.54) is 16.7 Å². The van der Waals surface area contributed by atoms with Crippen LogP contribution in [0, 0.1) is 0 Å². The number of carbonyl (C=O) groups is 3. The van der Waals surface area contributed by atoms with Crippen molar-refractivity contribution in [3.8, 4) is 0 Å². The van der Waals surface area contributed by atoms with E-state index in [2.05, 4.69) is 25.9 Å². The predicted octanol–water partition coefficient (Wildman–Crippen LogP) is 4.81. The number of para-hydroxylation sites is 1. The molecule has 1 aliphatic heterocycles. The van der Waals surface area contributed by atoms with Gasteiger partial charge in [-0.25, -0.2) is 4.98 Å². The number of hydrogen-bond acceptors (Lipinski definition) is 7. The van der Waals surface area contributed by atoms with Crippen LogP contribution in [0.25, 0.3) is 10.9 Å². The van der Waals surface area contributed by atoms with Gasteiger partial charge in [-0.15, -0.1) is 0 Å². The number of unbranched alkanes of at least 4 members (excludes halogenated alkanes) is 1. The minimum atomic E-state index is -0.894. The maximum absolute atomic E-state index is 14.2. The highest BCUT2D eigenvalue weighted by molar-refractivity contribution is 7.99. The van der Waals surface area contributed by atoms with Crippen molar-refractivity contribution in [3.05, 3.63) is 87.7 Å². The molecule has 0 saturated heterocycles. The highest BCUT2D eigenvalue weighted by atomic mass is 35.5. The van der Waals surface area contributed by atoms with Crippen molar-refractivity contribution in [3.63, 3.8) is 0 Å². The molecule has 0 saturated carbocycles. The van der Waals surface area contributed by atoms with Gasteiger partial charge < -0.3 is 31.6 Å². The number of likely N-dealkylation sites (N-methyl/N-ethyl adjacent to an activating group) is 1. The van der Waals surface area contributed by atoms with E-state index in [1.54, 1.807) is 32.3 Å². The van der Waals surface area contributed by atoms with Gasteiger partial charge in [0.15, 0.2) is 0 Å². The number of hydrogen-bond donors (Lipinski definition) is 5. The molecule has 2 aromatic heterocycles. The van der Waals surface area contributed by atoms with Crippen LogP contribution in [0.3, 0.4) is 0 Å².